The summed E-state index contributed by atoms with van der Waals surface area (Å²) in [5, 5.41) is 14.4. The summed E-state index contributed by atoms with van der Waals surface area (Å²) in [6.45, 7) is -0.990. The van der Waals surface area contributed by atoms with Crippen molar-refractivity contribution in [2.75, 3.05) is 24.5 Å². The Morgan fingerprint density at radius 3 is 2.78 bits per heavy atom. The lowest BCUT2D eigenvalue weighted by Crippen LogP contribution is -2.38. The van der Waals surface area contributed by atoms with Crippen LogP contribution in [0.15, 0.2) is 12.1 Å². The van der Waals surface area contributed by atoms with E-state index in [0.717, 1.165) is 9.53 Å². The van der Waals surface area contributed by atoms with Crippen molar-refractivity contribution >= 4 is 11.5 Å². The molecule has 0 aliphatic heterocycles. The Kier molecular flexibility index (Phi) is 3.28. The minimum atomic E-state index is -4.33. The van der Waals surface area contributed by atoms with Gasteiger partial charge >= 0.3 is 6.18 Å². The molecule has 0 amide bonds. The molecule has 0 radical (unpaired) electrons. The Balaban J connectivity index is 2.28. The number of fused-ring (bicyclic) bond motifs is 1. The summed E-state index contributed by atoms with van der Waals surface area (Å²) < 4.78 is 38.3. The number of hydrogen-bond acceptors (Lipinski definition) is 6. The molecule has 10 heteroatoms. The van der Waals surface area contributed by atoms with Crippen LogP contribution in [0, 0.1) is 0 Å². The smallest absolute Gasteiger partial charge is 0.345 e. The molecule has 0 bridgehead atoms. The molecule has 2 rings (SSSR count). The summed E-state index contributed by atoms with van der Waals surface area (Å²) in [5.41, 5.74) is 5.65. The van der Waals surface area contributed by atoms with Gasteiger partial charge in [-0.1, -0.05) is 0 Å². The molecule has 0 atom stereocenters. The van der Waals surface area contributed by atoms with Crippen molar-refractivity contribution in [1.82, 2.24) is 25.3 Å². The van der Waals surface area contributed by atoms with E-state index in [1.807, 2.05) is 0 Å². The van der Waals surface area contributed by atoms with E-state index in [-0.39, 0.29) is 18.9 Å². The fourth-order valence-electron chi connectivity index (χ4n) is 1.46. The second kappa shape index (κ2) is 4.72. The largest absolute Gasteiger partial charge is 0.405 e. The Bertz CT molecular complexity index is 523. The van der Waals surface area contributed by atoms with E-state index in [1.54, 1.807) is 0 Å². The second-order valence-electron chi connectivity index (χ2n) is 3.54. The average molecular weight is 261 g/mol. The van der Waals surface area contributed by atoms with Gasteiger partial charge in [-0.15, -0.1) is 14.8 Å². The third kappa shape index (κ3) is 2.83. The molecule has 0 unspecified atom stereocenters. The first-order valence-corrected chi connectivity index (χ1v) is 5.07. The maximum absolute atomic E-state index is 12.4. The van der Waals surface area contributed by atoms with Crippen LogP contribution < -0.4 is 10.6 Å². The molecule has 2 heterocycles. The Hall–Kier alpha value is -1.97. The summed E-state index contributed by atoms with van der Waals surface area (Å²) in [4.78, 5) is 1.03. The number of nitrogens with two attached hydrogens (primary N) is 1. The van der Waals surface area contributed by atoms with E-state index in [9.17, 15) is 13.2 Å². The minimum Gasteiger partial charge on any atom is -0.345 e. The summed E-state index contributed by atoms with van der Waals surface area (Å²) in [6, 6.07) is 2.91. The highest BCUT2D eigenvalue weighted by molar-refractivity contribution is 5.44. The Morgan fingerprint density at radius 2 is 2.11 bits per heavy atom. The van der Waals surface area contributed by atoms with Gasteiger partial charge < -0.3 is 10.6 Å². The molecule has 18 heavy (non-hydrogen) atoms. The fraction of sp³-hybridized carbons (Fsp3) is 0.500. The predicted molar refractivity (Wildman–Crippen MR) is 55.9 cm³/mol. The van der Waals surface area contributed by atoms with E-state index < -0.39 is 12.7 Å². The van der Waals surface area contributed by atoms with Gasteiger partial charge in [0.05, 0.1) is 0 Å². The standard InChI is InChI=1S/C8H10F3N7/c9-8(10,11)5-17(4-3-12)7-2-1-6-13-15-16-18(6)14-7/h1-2H,3-5,12H2. The van der Waals surface area contributed by atoms with Gasteiger partial charge in [-0.05, 0) is 22.6 Å². The van der Waals surface area contributed by atoms with Crippen molar-refractivity contribution in [3.05, 3.63) is 12.1 Å². The van der Waals surface area contributed by atoms with Gasteiger partial charge in [0.15, 0.2) is 11.5 Å². The molecule has 98 valence electrons. The van der Waals surface area contributed by atoms with Crippen LogP contribution in [0.25, 0.3) is 5.65 Å². The summed E-state index contributed by atoms with van der Waals surface area (Å²) >= 11 is 0. The number of hydrogen-bond donors (Lipinski definition) is 1. The van der Waals surface area contributed by atoms with Crippen LogP contribution in [-0.2, 0) is 0 Å². The molecule has 0 aliphatic carbocycles. The fourth-order valence-corrected chi connectivity index (χ4v) is 1.46. The summed E-state index contributed by atoms with van der Waals surface area (Å²) in [6.07, 6.45) is -4.33. The van der Waals surface area contributed by atoms with E-state index >= 15 is 0 Å². The summed E-state index contributed by atoms with van der Waals surface area (Å²) in [5.74, 6) is 0.123. The highest BCUT2D eigenvalue weighted by Gasteiger charge is 2.31. The molecule has 0 fully saturated rings. The highest BCUT2D eigenvalue weighted by Crippen LogP contribution is 2.20. The average Bonchev–Trinajstić information content (AvgIpc) is 2.73. The van der Waals surface area contributed by atoms with Gasteiger partial charge in [-0.2, -0.15) is 13.2 Å². The first-order chi connectivity index (χ1) is 8.49. The van der Waals surface area contributed by atoms with Crippen LogP contribution in [0.3, 0.4) is 0 Å². The Morgan fingerprint density at radius 1 is 1.33 bits per heavy atom. The zero-order valence-corrected chi connectivity index (χ0v) is 9.17. The van der Waals surface area contributed by atoms with E-state index in [1.165, 1.54) is 12.1 Å². The van der Waals surface area contributed by atoms with Gasteiger partial charge in [-0.25, -0.2) is 0 Å². The molecular weight excluding hydrogens is 251 g/mol. The normalized spacial score (nSPS) is 12.0. The van der Waals surface area contributed by atoms with Crippen molar-refractivity contribution in [3.8, 4) is 0 Å². The van der Waals surface area contributed by atoms with Crippen molar-refractivity contribution in [1.29, 1.82) is 0 Å². The van der Waals surface area contributed by atoms with Crippen LogP contribution >= 0.6 is 0 Å². The minimum absolute atomic E-state index is 0.0418. The molecule has 7 nitrogen and oxygen atoms in total. The highest BCUT2D eigenvalue weighted by atomic mass is 19.4. The molecule has 0 saturated heterocycles. The lowest BCUT2D eigenvalue weighted by molar-refractivity contribution is -0.119. The topological polar surface area (TPSA) is 85.2 Å². The van der Waals surface area contributed by atoms with Crippen LogP contribution in [0.2, 0.25) is 0 Å². The maximum Gasteiger partial charge on any atom is 0.405 e. The van der Waals surface area contributed by atoms with Crippen LogP contribution in [0.1, 0.15) is 0 Å². The van der Waals surface area contributed by atoms with Crippen molar-refractivity contribution in [2.45, 2.75) is 6.18 Å². The molecule has 0 aliphatic rings. The lowest BCUT2D eigenvalue weighted by atomic mass is 10.4. The molecular formula is C8H10F3N7. The third-order valence-corrected chi connectivity index (χ3v) is 2.15. The van der Waals surface area contributed by atoms with E-state index in [0.29, 0.717) is 5.65 Å². The number of tetrazole rings is 1. The lowest BCUT2D eigenvalue weighted by Gasteiger charge is -2.23. The Labute approximate surface area is 99.4 Å². The summed E-state index contributed by atoms with van der Waals surface area (Å²) in [7, 11) is 0. The first-order valence-electron chi connectivity index (χ1n) is 5.07. The van der Waals surface area contributed by atoms with Gasteiger partial charge in [-0.3, -0.25) is 0 Å². The van der Waals surface area contributed by atoms with Crippen molar-refractivity contribution < 1.29 is 13.2 Å². The van der Waals surface area contributed by atoms with Crippen LogP contribution in [0.5, 0.6) is 0 Å². The SMILES string of the molecule is NCCN(CC(F)(F)F)c1ccc2nnnn2n1. The van der Waals surface area contributed by atoms with E-state index in [4.69, 9.17) is 5.73 Å². The zero-order chi connectivity index (χ0) is 13.2. The monoisotopic (exact) mass is 261 g/mol. The quantitative estimate of drug-likeness (QED) is 0.823. The second-order valence-corrected chi connectivity index (χ2v) is 3.54. The van der Waals surface area contributed by atoms with Gasteiger partial charge in [0.25, 0.3) is 0 Å². The molecule has 2 aromatic rings. The van der Waals surface area contributed by atoms with Gasteiger partial charge in [0.2, 0.25) is 0 Å². The number of nitrogens with zero attached hydrogens (tertiary/aromatic N) is 6. The predicted octanol–water partition coefficient (Wildman–Crippen LogP) is -0.153. The van der Waals surface area contributed by atoms with Gasteiger partial charge in [0.1, 0.15) is 6.54 Å². The molecule has 0 saturated carbocycles. The van der Waals surface area contributed by atoms with Crippen LogP contribution in [0.4, 0.5) is 19.0 Å². The number of aromatic nitrogens is 5. The number of alkyl halides is 3. The van der Waals surface area contributed by atoms with Crippen molar-refractivity contribution in [3.63, 3.8) is 0 Å². The molecule has 2 N–H and O–H groups in total. The zero-order valence-electron chi connectivity index (χ0n) is 9.17. The van der Waals surface area contributed by atoms with Crippen LogP contribution in [-0.4, -0.2) is 51.1 Å². The maximum atomic E-state index is 12.4. The first kappa shape index (κ1) is 12.5. The van der Waals surface area contributed by atoms with Crippen molar-refractivity contribution in [2.24, 2.45) is 5.73 Å². The number of halogens is 3. The molecule has 2 aromatic heterocycles. The number of rotatable bonds is 4. The third-order valence-electron chi connectivity index (χ3n) is 2.15. The van der Waals surface area contributed by atoms with Gasteiger partial charge in [0, 0.05) is 13.1 Å². The molecule has 0 aromatic carbocycles. The molecule has 0 spiro atoms. The van der Waals surface area contributed by atoms with E-state index in [2.05, 4.69) is 20.6 Å². The number of anilines is 1.